The largest absolute Gasteiger partial charge is 0.466 e. The van der Waals surface area contributed by atoms with E-state index in [9.17, 15) is 17.6 Å². The first-order chi connectivity index (χ1) is 15.7. The second-order valence-electron chi connectivity index (χ2n) is 9.77. The Morgan fingerprint density at radius 2 is 1.39 bits per heavy atom. The molecule has 1 aliphatic rings. The highest BCUT2D eigenvalue weighted by Gasteiger charge is 2.29. The normalized spacial score (nSPS) is 16.7. The van der Waals surface area contributed by atoms with Crippen molar-refractivity contribution in [1.29, 1.82) is 0 Å². The van der Waals surface area contributed by atoms with Gasteiger partial charge >= 0.3 is 5.97 Å². The van der Waals surface area contributed by atoms with Crippen molar-refractivity contribution >= 4 is 16.0 Å². The van der Waals surface area contributed by atoms with Gasteiger partial charge in [0.25, 0.3) is 0 Å². The number of unbranched alkanes of at least 4 members (excludes halogenated alkanes) is 11. The molecule has 196 valence electrons. The maximum atomic E-state index is 13.8. The van der Waals surface area contributed by atoms with Crippen molar-refractivity contribution in [2.45, 2.75) is 116 Å². The lowest BCUT2D eigenvalue weighted by molar-refractivity contribution is -0.143. The number of esters is 1. The average Bonchev–Trinajstić information content (AvgIpc) is 2.76. The summed E-state index contributed by atoms with van der Waals surface area (Å²) in [6.07, 6.45) is 15.4. The van der Waals surface area contributed by atoms with Gasteiger partial charge in [-0.05, 0) is 39.5 Å². The van der Waals surface area contributed by atoms with Crippen LogP contribution in [0, 0.1) is 0 Å². The van der Waals surface area contributed by atoms with Crippen molar-refractivity contribution in [3.63, 3.8) is 0 Å². The predicted molar refractivity (Wildman–Crippen MR) is 134 cm³/mol. The molecule has 0 aromatic carbocycles. The van der Waals surface area contributed by atoms with Gasteiger partial charge in [-0.25, -0.2) is 17.5 Å². The number of carbonyl (C=O) groups is 1. The molecule has 0 radical (unpaired) electrons. The number of carbonyl (C=O) groups excluding carboxylic acids is 1. The number of sulfonamides is 1. The number of nitrogens with one attached hydrogen (secondary N) is 1. The van der Waals surface area contributed by atoms with Gasteiger partial charge in [0.2, 0.25) is 10.0 Å². The Morgan fingerprint density at radius 3 is 1.91 bits per heavy atom. The SMILES string of the molecule is CCOC(=O)CCCCCCCCCCCCCCNS(=O)(=O)CCN1CCC(C)(F)CC1. The van der Waals surface area contributed by atoms with Gasteiger partial charge < -0.3 is 9.64 Å². The maximum Gasteiger partial charge on any atom is 0.305 e. The summed E-state index contributed by atoms with van der Waals surface area (Å²) in [4.78, 5) is 13.3. The Bertz CT molecular complexity index is 604. The van der Waals surface area contributed by atoms with Crippen LogP contribution in [0.5, 0.6) is 0 Å². The molecular formula is C25H49FN2O4S. The average molecular weight is 493 g/mol. The molecule has 0 aliphatic carbocycles. The molecule has 33 heavy (non-hydrogen) atoms. The summed E-state index contributed by atoms with van der Waals surface area (Å²) >= 11 is 0. The van der Waals surface area contributed by atoms with Crippen LogP contribution in [0.4, 0.5) is 4.39 Å². The van der Waals surface area contributed by atoms with E-state index in [2.05, 4.69) is 4.72 Å². The third-order valence-electron chi connectivity index (χ3n) is 6.51. The van der Waals surface area contributed by atoms with Crippen LogP contribution < -0.4 is 4.72 Å². The molecule has 1 N–H and O–H groups in total. The van der Waals surface area contributed by atoms with Crippen molar-refractivity contribution in [2.75, 3.05) is 38.5 Å². The summed E-state index contributed by atoms with van der Waals surface area (Å²) < 4.78 is 45.7. The van der Waals surface area contributed by atoms with Gasteiger partial charge in [0.15, 0.2) is 0 Å². The van der Waals surface area contributed by atoms with Gasteiger partial charge in [0.05, 0.1) is 12.4 Å². The van der Waals surface area contributed by atoms with Crippen molar-refractivity contribution in [3.8, 4) is 0 Å². The number of alkyl halides is 1. The van der Waals surface area contributed by atoms with Crippen LogP contribution in [-0.2, 0) is 19.6 Å². The van der Waals surface area contributed by atoms with E-state index in [-0.39, 0.29) is 11.7 Å². The molecule has 1 aliphatic heterocycles. The Kier molecular flexibility index (Phi) is 16.2. The van der Waals surface area contributed by atoms with Crippen LogP contribution in [0.3, 0.4) is 0 Å². The highest BCUT2D eigenvalue weighted by Crippen LogP contribution is 2.25. The Hall–Kier alpha value is -0.730. The topological polar surface area (TPSA) is 75.7 Å². The van der Waals surface area contributed by atoms with Gasteiger partial charge in [-0.2, -0.15) is 0 Å². The third kappa shape index (κ3) is 17.4. The van der Waals surface area contributed by atoms with Crippen molar-refractivity contribution in [1.82, 2.24) is 9.62 Å². The fraction of sp³-hybridized carbons (Fsp3) is 0.960. The summed E-state index contributed by atoms with van der Waals surface area (Å²) in [5.41, 5.74) is -1.10. The molecule has 0 unspecified atom stereocenters. The van der Waals surface area contributed by atoms with E-state index in [4.69, 9.17) is 4.74 Å². The quantitative estimate of drug-likeness (QED) is 0.183. The van der Waals surface area contributed by atoms with Gasteiger partial charge in [0, 0.05) is 32.6 Å². The summed E-state index contributed by atoms with van der Waals surface area (Å²) in [7, 11) is -3.24. The second kappa shape index (κ2) is 17.7. The summed E-state index contributed by atoms with van der Waals surface area (Å²) in [5, 5.41) is 0. The van der Waals surface area contributed by atoms with E-state index in [0.717, 1.165) is 32.1 Å². The van der Waals surface area contributed by atoms with E-state index in [0.29, 0.717) is 52.0 Å². The molecule has 0 aromatic heterocycles. The van der Waals surface area contributed by atoms with E-state index in [1.165, 1.54) is 44.9 Å². The first kappa shape index (κ1) is 30.3. The highest BCUT2D eigenvalue weighted by atomic mass is 32.2. The van der Waals surface area contributed by atoms with Gasteiger partial charge in [0.1, 0.15) is 5.67 Å². The molecule has 0 atom stereocenters. The standard InChI is InChI=1S/C25H49FN2O4S/c1-3-32-24(29)16-14-12-10-8-6-4-5-7-9-11-13-15-19-27-33(30,31)23-22-28-20-17-25(2,26)18-21-28/h27H,3-23H2,1-2H3. The van der Waals surface area contributed by atoms with E-state index >= 15 is 0 Å². The van der Waals surface area contributed by atoms with Crippen LogP contribution in [0.25, 0.3) is 0 Å². The number of halogens is 1. The van der Waals surface area contributed by atoms with E-state index in [1.54, 1.807) is 6.92 Å². The Morgan fingerprint density at radius 1 is 0.909 bits per heavy atom. The molecule has 0 bridgehead atoms. The lowest BCUT2D eigenvalue weighted by Crippen LogP contribution is -2.43. The Labute approximate surface area is 202 Å². The molecule has 1 heterocycles. The summed E-state index contributed by atoms with van der Waals surface area (Å²) in [6, 6.07) is 0. The molecular weight excluding hydrogens is 443 g/mol. The van der Waals surface area contributed by atoms with Gasteiger partial charge in [-0.1, -0.05) is 64.2 Å². The zero-order chi connectivity index (χ0) is 24.4. The minimum absolute atomic E-state index is 0.0734. The molecule has 0 spiro atoms. The minimum atomic E-state index is -3.24. The minimum Gasteiger partial charge on any atom is -0.466 e. The van der Waals surface area contributed by atoms with Crippen LogP contribution in [-0.4, -0.2) is 63.5 Å². The number of likely N-dealkylation sites (tertiary alicyclic amines) is 1. The molecule has 8 heteroatoms. The fourth-order valence-electron chi connectivity index (χ4n) is 4.19. The molecule has 0 amide bonds. The van der Waals surface area contributed by atoms with Crippen LogP contribution in [0.1, 0.15) is 110 Å². The van der Waals surface area contributed by atoms with Crippen LogP contribution in [0.15, 0.2) is 0 Å². The summed E-state index contributed by atoms with van der Waals surface area (Å²) in [5.74, 6) is 0.0253. The van der Waals surface area contributed by atoms with E-state index < -0.39 is 15.7 Å². The zero-order valence-corrected chi connectivity index (χ0v) is 22.0. The molecule has 1 fully saturated rings. The monoisotopic (exact) mass is 492 g/mol. The molecule has 1 rings (SSSR count). The highest BCUT2D eigenvalue weighted by molar-refractivity contribution is 7.89. The number of hydrogen-bond acceptors (Lipinski definition) is 5. The van der Waals surface area contributed by atoms with Crippen LogP contribution >= 0.6 is 0 Å². The molecule has 6 nitrogen and oxygen atoms in total. The first-order valence-corrected chi connectivity index (χ1v) is 14.9. The molecule has 1 saturated heterocycles. The fourth-order valence-corrected chi connectivity index (χ4v) is 5.29. The lowest BCUT2D eigenvalue weighted by atomic mass is 9.96. The number of hydrogen-bond donors (Lipinski definition) is 1. The molecule has 0 saturated carbocycles. The first-order valence-electron chi connectivity index (χ1n) is 13.3. The van der Waals surface area contributed by atoms with Gasteiger partial charge in [-0.3, -0.25) is 4.79 Å². The smallest absolute Gasteiger partial charge is 0.305 e. The van der Waals surface area contributed by atoms with Gasteiger partial charge in [-0.15, -0.1) is 0 Å². The molecule has 0 aromatic rings. The second-order valence-corrected chi connectivity index (χ2v) is 11.7. The van der Waals surface area contributed by atoms with Crippen molar-refractivity contribution in [2.24, 2.45) is 0 Å². The van der Waals surface area contributed by atoms with Crippen LogP contribution in [0.2, 0.25) is 0 Å². The number of ether oxygens (including phenoxy) is 1. The predicted octanol–water partition coefficient (Wildman–Crippen LogP) is 5.36. The maximum absolute atomic E-state index is 13.8. The van der Waals surface area contributed by atoms with Crippen molar-refractivity contribution in [3.05, 3.63) is 0 Å². The van der Waals surface area contributed by atoms with E-state index in [1.807, 2.05) is 11.8 Å². The Balaban J connectivity index is 1.84. The third-order valence-corrected chi connectivity index (χ3v) is 7.87. The number of piperidine rings is 1. The number of nitrogens with zero attached hydrogens (tertiary/aromatic N) is 1. The summed E-state index contributed by atoms with van der Waals surface area (Å²) in [6.45, 7) is 6.22. The zero-order valence-electron chi connectivity index (χ0n) is 21.2. The number of rotatable bonds is 20. The lowest BCUT2D eigenvalue weighted by Gasteiger charge is -2.33. The van der Waals surface area contributed by atoms with Crippen molar-refractivity contribution < 1.29 is 22.3 Å².